The van der Waals surface area contributed by atoms with Crippen LogP contribution in [0.15, 0.2) is 84.9 Å². The lowest BCUT2D eigenvalue weighted by molar-refractivity contribution is 1.15. The van der Waals surface area contributed by atoms with E-state index in [0.717, 1.165) is 10.9 Å². The van der Waals surface area contributed by atoms with E-state index in [2.05, 4.69) is 54.6 Å². The molecule has 0 heterocycles. The zero-order valence-electron chi connectivity index (χ0n) is 14.4. The van der Waals surface area contributed by atoms with Gasteiger partial charge >= 0.3 is 0 Å². The Morgan fingerprint density at radius 2 is 1.18 bits per heavy atom. The molecule has 0 atom stereocenters. The molecule has 0 aromatic heterocycles. The molecular weight excluding hydrogens is 351 g/mol. The molecule has 112 valence electrons. The van der Waals surface area contributed by atoms with Gasteiger partial charge in [0.05, 0.1) is 0 Å². The maximum Gasteiger partial charge on any atom is 0.0313 e. The van der Waals surface area contributed by atoms with Crippen LogP contribution in [0.25, 0.3) is 0 Å². The highest BCUT2D eigenvalue weighted by atomic mass is 79.9. The number of rotatable bonds is 4. The summed E-state index contributed by atoms with van der Waals surface area (Å²) in [5.74, 6) is 0. The van der Waals surface area contributed by atoms with E-state index in [0.29, 0.717) is 0 Å². The van der Waals surface area contributed by atoms with Crippen molar-refractivity contribution in [3.8, 4) is 0 Å². The normalized spacial score (nSPS) is 12.3. The van der Waals surface area contributed by atoms with Gasteiger partial charge in [0, 0.05) is 2.74 Å². The maximum atomic E-state index is 8.21. The van der Waals surface area contributed by atoms with Crippen molar-refractivity contribution in [2.75, 3.05) is 0 Å². The molecule has 0 aliphatic heterocycles. The van der Waals surface area contributed by atoms with Crippen LogP contribution in [-0.4, -0.2) is 0 Å². The van der Waals surface area contributed by atoms with Crippen LogP contribution in [0.2, 0.25) is 0 Å². The molecule has 2 heteroatoms. The van der Waals surface area contributed by atoms with Crippen LogP contribution < -0.4 is 15.9 Å². The predicted molar refractivity (Wildman–Crippen MR) is 105 cm³/mol. The fraction of sp³-hybridized carbons (Fsp3) is 0.100. The molecule has 3 aromatic carbocycles. The summed E-state index contributed by atoms with van der Waals surface area (Å²) in [6, 6.07) is 28.7. The number of hydrogen-bond donors (Lipinski definition) is 0. The average Bonchev–Trinajstić information content (AvgIpc) is 2.57. The third-order valence-corrected chi connectivity index (χ3v) is 5.94. The second-order valence-electron chi connectivity index (χ2n) is 4.77. The van der Waals surface area contributed by atoms with Crippen LogP contribution in [0, 0.1) is 0 Å². The molecule has 3 aromatic rings. The summed E-state index contributed by atoms with van der Waals surface area (Å²) in [5.41, 5.74) is 0.777. The van der Waals surface area contributed by atoms with Gasteiger partial charge in [-0.1, -0.05) is 91.9 Å². The van der Waals surface area contributed by atoms with E-state index in [1.54, 1.807) is 6.92 Å². The zero-order chi connectivity index (χ0) is 16.3. The summed E-state index contributed by atoms with van der Waals surface area (Å²) in [5, 5.41) is 3.57. The molecule has 0 unspecified atom stereocenters. The van der Waals surface area contributed by atoms with Crippen LogP contribution in [0.1, 0.15) is 15.2 Å². The summed E-state index contributed by atoms with van der Waals surface area (Å²) >= 11 is 0. The molecule has 0 radical (unpaired) electrons. The first-order valence-corrected chi connectivity index (χ1v) is 8.41. The van der Waals surface area contributed by atoms with Gasteiger partial charge in [0.2, 0.25) is 0 Å². The van der Waals surface area contributed by atoms with Crippen LogP contribution in [0.5, 0.6) is 0 Å². The van der Waals surface area contributed by atoms with Gasteiger partial charge in [-0.15, -0.1) is 17.0 Å². The second kappa shape index (κ2) is 8.27. The Hall–Kier alpha value is -1.43. The Bertz CT molecular complexity index is 731. The monoisotopic (exact) mass is 372 g/mol. The molecule has 0 bridgehead atoms. The van der Waals surface area contributed by atoms with E-state index in [9.17, 15) is 0 Å². The van der Waals surface area contributed by atoms with E-state index >= 15 is 0 Å². The summed E-state index contributed by atoms with van der Waals surface area (Å²) in [6.07, 6.45) is -1.36. The Morgan fingerprint density at radius 3 is 1.68 bits per heavy atom. The molecule has 0 saturated heterocycles. The third-order valence-electron chi connectivity index (χ3n) is 3.44. The molecular formula is C20H20BrP. The van der Waals surface area contributed by atoms with Crippen LogP contribution in [0.4, 0.5) is 0 Å². The van der Waals surface area contributed by atoms with Gasteiger partial charge in [-0.3, -0.25) is 0 Å². The quantitative estimate of drug-likeness (QED) is 0.587. The van der Waals surface area contributed by atoms with E-state index < -0.39 is 14.3 Å². The molecule has 22 heavy (non-hydrogen) atoms. The average molecular weight is 373 g/mol. The van der Waals surface area contributed by atoms with Crippen molar-refractivity contribution in [3.05, 3.63) is 90.5 Å². The molecule has 0 aliphatic rings. The molecule has 3 rings (SSSR count). The van der Waals surface area contributed by atoms with Crippen molar-refractivity contribution >= 4 is 40.8 Å². The standard InChI is InChI=1S/C20H19P.BrH/c1-2-17-11-9-10-16-20(17)21(18-12-5-3-6-13-18)19-14-7-4-8-15-19;/h3-16H,2H2,1H3;1H/i2D2;. The SMILES string of the molecule is Br.[2H]C([2H])(C)c1ccccc1P(c1ccccc1)c1ccccc1. The smallest absolute Gasteiger partial charge is 0.0313 e. The Morgan fingerprint density at radius 1 is 0.727 bits per heavy atom. The number of benzene rings is 3. The minimum atomic E-state index is -1.36. The van der Waals surface area contributed by atoms with E-state index in [-0.39, 0.29) is 17.0 Å². The Kier molecular flexibility index (Phi) is 5.33. The minimum absolute atomic E-state index is 0. The first-order valence-electron chi connectivity index (χ1n) is 8.07. The Labute approximate surface area is 147 Å². The van der Waals surface area contributed by atoms with Crippen molar-refractivity contribution in [2.24, 2.45) is 0 Å². The Balaban J connectivity index is 0.00000208. The highest BCUT2D eigenvalue weighted by Crippen LogP contribution is 2.33. The fourth-order valence-electron chi connectivity index (χ4n) is 2.46. The first-order chi connectivity index (χ1) is 11.1. The second-order valence-corrected chi connectivity index (χ2v) is 6.96. The molecule has 0 nitrogen and oxygen atoms in total. The van der Waals surface area contributed by atoms with Gasteiger partial charge in [-0.25, -0.2) is 0 Å². The number of halogens is 1. The summed E-state index contributed by atoms with van der Waals surface area (Å²) in [7, 11) is -0.771. The molecule has 0 fully saturated rings. The highest BCUT2D eigenvalue weighted by molar-refractivity contribution is 8.93. The van der Waals surface area contributed by atoms with Gasteiger partial charge in [-0.05, 0) is 35.8 Å². The van der Waals surface area contributed by atoms with Crippen LogP contribution in [-0.2, 0) is 6.37 Å². The van der Waals surface area contributed by atoms with E-state index in [1.165, 1.54) is 10.6 Å². The van der Waals surface area contributed by atoms with E-state index in [4.69, 9.17) is 2.74 Å². The summed E-state index contributed by atoms with van der Waals surface area (Å²) < 4.78 is 16.4. The van der Waals surface area contributed by atoms with Gasteiger partial charge in [-0.2, -0.15) is 0 Å². The summed E-state index contributed by atoms with van der Waals surface area (Å²) in [6.45, 7) is 1.63. The molecule has 0 N–H and O–H groups in total. The van der Waals surface area contributed by atoms with Crippen LogP contribution >= 0.6 is 24.9 Å². The van der Waals surface area contributed by atoms with Crippen molar-refractivity contribution in [1.29, 1.82) is 0 Å². The molecule has 0 aliphatic carbocycles. The van der Waals surface area contributed by atoms with Crippen molar-refractivity contribution < 1.29 is 2.74 Å². The third kappa shape index (κ3) is 3.66. The fourth-order valence-corrected chi connectivity index (χ4v) is 4.92. The lowest BCUT2D eigenvalue weighted by Crippen LogP contribution is -2.22. The molecule has 0 saturated carbocycles. The molecule has 0 spiro atoms. The topological polar surface area (TPSA) is 0 Å². The largest absolute Gasteiger partial charge is 0.114 e. The maximum absolute atomic E-state index is 8.21. The van der Waals surface area contributed by atoms with Crippen molar-refractivity contribution in [3.63, 3.8) is 0 Å². The lowest BCUT2D eigenvalue weighted by atomic mass is 10.2. The van der Waals surface area contributed by atoms with Crippen molar-refractivity contribution in [1.82, 2.24) is 0 Å². The zero-order valence-corrected chi connectivity index (χ0v) is 15.0. The first kappa shape index (κ1) is 14.2. The summed E-state index contributed by atoms with van der Waals surface area (Å²) in [4.78, 5) is 0. The van der Waals surface area contributed by atoms with Gasteiger partial charge < -0.3 is 0 Å². The van der Waals surface area contributed by atoms with Gasteiger partial charge in [0.25, 0.3) is 0 Å². The highest BCUT2D eigenvalue weighted by Gasteiger charge is 2.18. The van der Waals surface area contributed by atoms with E-state index in [1.807, 2.05) is 30.3 Å². The molecule has 0 amide bonds. The number of hydrogen-bond acceptors (Lipinski definition) is 0. The minimum Gasteiger partial charge on any atom is -0.114 e. The van der Waals surface area contributed by atoms with Crippen LogP contribution in [0.3, 0.4) is 0 Å². The van der Waals surface area contributed by atoms with Gasteiger partial charge in [0.1, 0.15) is 0 Å². The van der Waals surface area contributed by atoms with Gasteiger partial charge in [0.15, 0.2) is 0 Å². The lowest BCUT2D eigenvalue weighted by Gasteiger charge is -2.21. The number of aryl methyl sites for hydroxylation is 1. The van der Waals surface area contributed by atoms with Crippen molar-refractivity contribution in [2.45, 2.75) is 13.3 Å². The predicted octanol–water partition coefficient (Wildman–Crippen LogP) is 4.59.